The summed E-state index contributed by atoms with van der Waals surface area (Å²) in [5.41, 5.74) is 3.62. The van der Waals surface area contributed by atoms with Gasteiger partial charge in [-0.25, -0.2) is 0 Å². The second-order valence-electron chi connectivity index (χ2n) is 6.60. The summed E-state index contributed by atoms with van der Waals surface area (Å²) in [5, 5.41) is 0.757. The van der Waals surface area contributed by atoms with E-state index in [1.807, 2.05) is 29.2 Å². The van der Waals surface area contributed by atoms with Crippen LogP contribution in [0.3, 0.4) is 0 Å². The van der Waals surface area contributed by atoms with Crippen LogP contribution in [0.4, 0.5) is 5.69 Å². The minimum absolute atomic E-state index is 0.209. The summed E-state index contributed by atoms with van der Waals surface area (Å²) < 4.78 is 0. The van der Waals surface area contributed by atoms with Gasteiger partial charge in [-0.05, 0) is 55.1 Å². The third-order valence-corrected chi connectivity index (χ3v) is 5.40. The summed E-state index contributed by atoms with van der Waals surface area (Å²) in [6, 6.07) is 16.6. The number of carbonyl (C=O) groups is 1. The molecule has 0 saturated carbocycles. The summed E-state index contributed by atoms with van der Waals surface area (Å²) >= 11 is 6.00. The van der Waals surface area contributed by atoms with Gasteiger partial charge in [-0.15, -0.1) is 0 Å². The predicted octanol–water partition coefficient (Wildman–Crippen LogP) is 4.07. The Kier molecular flexibility index (Phi) is 4.30. The van der Waals surface area contributed by atoms with Gasteiger partial charge in [0, 0.05) is 23.3 Å². The first-order chi connectivity index (χ1) is 11.7. The van der Waals surface area contributed by atoms with Crippen molar-refractivity contribution in [2.24, 2.45) is 0 Å². The van der Waals surface area contributed by atoms with Gasteiger partial charge in [-0.2, -0.15) is 0 Å². The highest BCUT2D eigenvalue weighted by Crippen LogP contribution is 2.33. The second kappa shape index (κ2) is 6.58. The molecule has 2 aliphatic heterocycles. The maximum absolute atomic E-state index is 12.9. The number of amides is 1. The number of rotatable bonds is 3. The molecule has 1 amide bonds. The van der Waals surface area contributed by atoms with Crippen molar-refractivity contribution in [3.05, 3.63) is 64.7 Å². The molecule has 124 valence electrons. The molecular weight excluding hydrogens is 320 g/mol. The number of para-hydroxylation sites is 1. The first-order valence-corrected chi connectivity index (χ1v) is 8.98. The smallest absolute Gasteiger partial charge is 0.241 e. The molecule has 1 atom stereocenters. The molecule has 2 aromatic carbocycles. The zero-order chi connectivity index (χ0) is 16.5. The number of nitrogens with zero attached hydrogens (tertiary/aromatic N) is 2. The first-order valence-electron chi connectivity index (χ1n) is 8.60. The summed E-state index contributed by atoms with van der Waals surface area (Å²) in [6.07, 6.45) is 3.20. The predicted molar refractivity (Wildman–Crippen MR) is 97.5 cm³/mol. The lowest BCUT2D eigenvalue weighted by Gasteiger charge is -2.27. The topological polar surface area (TPSA) is 23.6 Å². The summed E-state index contributed by atoms with van der Waals surface area (Å²) in [4.78, 5) is 17.1. The van der Waals surface area contributed by atoms with E-state index in [9.17, 15) is 4.79 Å². The zero-order valence-corrected chi connectivity index (χ0v) is 14.4. The molecule has 0 aromatic heterocycles. The fourth-order valence-electron chi connectivity index (χ4n) is 3.93. The van der Waals surface area contributed by atoms with E-state index < -0.39 is 0 Å². The standard InChI is InChI=1S/C20H21ClN2O/c21-17-9-7-16(8-10-17)18-6-3-12-22(18)14-20(24)23-13-11-15-4-1-2-5-19(15)23/h1-2,4-5,7-10,18H,3,6,11-14H2/t18-/m1/s1. The van der Waals surface area contributed by atoms with Gasteiger partial charge in [0.1, 0.15) is 0 Å². The summed E-state index contributed by atoms with van der Waals surface area (Å²) in [5.74, 6) is 0.209. The quantitative estimate of drug-likeness (QED) is 0.841. The number of fused-ring (bicyclic) bond motifs is 1. The van der Waals surface area contributed by atoms with E-state index in [1.165, 1.54) is 11.1 Å². The molecule has 2 aromatic rings. The van der Waals surface area contributed by atoms with Crippen molar-refractivity contribution >= 4 is 23.2 Å². The maximum atomic E-state index is 12.9. The minimum Gasteiger partial charge on any atom is -0.311 e. The highest BCUT2D eigenvalue weighted by atomic mass is 35.5. The van der Waals surface area contributed by atoms with Gasteiger partial charge >= 0.3 is 0 Å². The van der Waals surface area contributed by atoms with Crippen LogP contribution in [0.15, 0.2) is 48.5 Å². The Balaban J connectivity index is 1.48. The van der Waals surface area contributed by atoms with Crippen LogP contribution in [-0.4, -0.2) is 30.4 Å². The Morgan fingerprint density at radius 3 is 2.71 bits per heavy atom. The Morgan fingerprint density at radius 2 is 1.88 bits per heavy atom. The third-order valence-electron chi connectivity index (χ3n) is 5.15. The molecule has 4 heteroatoms. The second-order valence-corrected chi connectivity index (χ2v) is 7.04. The zero-order valence-electron chi connectivity index (χ0n) is 13.6. The average Bonchev–Trinajstić information content (AvgIpc) is 3.22. The first kappa shape index (κ1) is 15.7. The summed E-state index contributed by atoms with van der Waals surface area (Å²) in [6.45, 7) is 2.27. The van der Waals surface area contributed by atoms with Crippen LogP contribution in [0, 0.1) is 0 Å². The Labute approximate surface area is 147 Å². The molecule has 0 aliphatic carbocycles. The van der Waals surface area contributed by atoms with Gasteiger partial charge in [-0.3, -0.25) is 9.69 Å². The van der Waals surface area contributed by atoms with Crippen LogP contribution in [0.5, 0.6) is 0 Å². The van der Waals surface area contributed by atoms with E-state index in [2.05, 4.69) is 29.2 Å². The van der Waals surface area contributed by atoms with Crippen molar-refractivity contribution in [2.45, 2.75) is 25.3 Å². The van der Waals surface area contributed by atoms with Crippen LogP contribution in [0.1, 0.15) is 30.0 Å². The van der Waals surface area contributed by atoms with E-state index >= 15 is 0 Å². The Bertz CT molecular complexity index is 744. The van der Waals surface area contributed by atoms with Crippen molar-refractivity contribution in [2.75, 3.05) is 24.5 Å². The molecule has 1 saturated heterocycles. The van der Waals surface area contributed by atoms with Crippen LogP contribution in [-0.2, 0) is 11.2 Å². The van der Waals surface area contributed by atoms with Crippen molar-refractivity contribution in [3.8, 4) is 0 Å². The number of carbonyl (C=O) groups excluding carboxylic acids is 1. The Hall–Kier alpha value is -1.84. The van der Waals surface area contributed by atoms with E-state index in [1.54, 1.807) is 0 Å². The van der Waals surface area contributed by atoms with Crippen LogP contribution in [0.2, 0.25) is 5.02 Å². The average molecular weight is 341 g/mol. The molecule has 0 bridgehead atoms. The van der Waals surface area contributed by atoms with Gasteiger partial charge < -0.3 is 4.90 Å². The lowest BCUT2D eigenvalue weighted by atomic mass is 10.0. The molecule has 0 radical (unpaired) electrons. The van der Waals surface area contributed by atoms with E-state index in [-0.39, 0.29) is 5.91 Å². The number of hydrogen-bond donors (Lipinski definition) is 0. The molecule has 1 fully saturated rings. The number of halogens is 1. The number of likely N-dealkylation sites (tertiary alicyclic amines) is 1. The number of anilines is 1. The van der Waals surface area contributed by atoms with Gasteiger partial charge in [0.15, 0.2) is 0 Å². The lowest BCUT2D eigenvalue weighted by Crippen LogP contribution is -2.39. The molecule has 3 nitrogen and oxygen atoms in total. The molecule has 2 heterocycles. The van der Waals surface area contributed by atoms with Gasteiger partial charge in [0.05, 0.1) is 6.54 Å². The lowest BCUT2D eigenvalue weighted by molar-refractivity contribution is -0.119. The van der Waals surface area contributed by atoms with Crippen LogP contribution in [0.25, 0.3) is 0 Å². The van der Waals surface area contributed by atoms with Gasteiger partial charge in [-0.1, -0.05) is 41.9 Å². The van der Waals surface area contributed by atoms with Crippen molar-refractivity contribution in [1.29, 1.82) is 0 Å². The molecule has 2 aliphatic rings. The summed E-state index contributed by atoms with van der Waals surface area (Å²) in [7, 11) is 0. The van der Waals surface area contributed by atoms with Gasteiger partial charge in [0.25, 0.3) is 0 Å². The number of benzene rings is 2. The molecule has 0 spiro atoms. The van der Waals surface area contributed by atoms with Crippen molar-refractivity contribution in [3.63, 3.8) is 0 Å². The van der Waals surface area contributed by atoms with Crippen molar-refractivity contribution < 1.29 is 4.79 Å². The van der Waals surface area contributed by atoms with E-state index in [0.717, 1.165) is 43.1 Å². The minimum atomic E-state index is 0.209. The highest BCUT2D eigenvalue weighted by molar-refractivity contribution is 6.30. The Morgan fingerprint density at radius 1 is 1.08 bits per heavy atom. The molecule has 0 unspecified atom stereocenters. The molecular formula is C20H21ClN2O. The molecule has 24 heavy (non-hydrogen) atoms. The van der Waals surface area contributed by atoms with Crippen molar-refractivity contribution in [1.82, 2.24) is 4.90 Å². The van der Waals surface area contributed by atoms with E-state index in [4.69, 9.17) is 11.6 Å². The SMILES string of the molecule is O=C(CN1CCC[C@@H]1c1ccc(Cl)cc1)N1CCc2ccccc21. The fourth-order valence-corrected chi connectivity index (χ4v) is 4.06. The van der Waals surface area contributed by atoms with Gasteiger partial charge in [0.2, 0.25) is 5.91 Å². The maximum Gasteiger partial charge on any atom is 0.241 e. The van der Waals surface area contributed by atoms with E-state index in [0.29, 0.717) is 12.6 Å². The third kappa shape index (κ3) is 2.94. The normalized spacial score (nSPS) is 20.4. The largest absolute Gasteiger partial charge is 0.311 e. The number of hydrogen-bond acceptors (Lipinski definition) is 2. The monoisotopic (exact) mass is 340 g/mol. The van der Waals surface area contributed by atoms with Crippen LogP contribution >= 0.6 is 11.6 Å². The van der Waals surface area contributed by atoms with Crippen LogP contribution < -0.4 is 4.90 Å². The highest BCUT2D eigenvalue weighted by Gasteiger charge is 2.31. The fraction of sp³-hybridized carbons (Fsp3) is 0.350. The molecule has 0 N–H and O–H groups in total. The molecule has 4 rings (SSSR count).